The SMILES string of the molecule is Cc1ccc(NC(=S)Nc2ccn(Cc3c(F)c(F)c(F)c(F)c3F)n2)cc1C. The topological polar surface area (TPSA) is 41.9 Å². The Kier molecular flexibility index (Phi) is 5.83. The van der Waals surface area contributed by atoms with Crippen molar-refractivity contribution in [3.05, 3.63) is 76.2 Å². The monoisotopic (exact) mass is 426 g/mol. The average molecular weight is 426 g/mol. The fraction of sp³-hybridized carbons (Fsp3) is 0.158. The van der Waals surface area contributed by atoms with E-state index in [4.69, 9.17) is 12.2 Å². The molecule has 2 aromatic carbocycles. The first-order valence-electron chi connectivity index (χ1n) is 8.36. The lowest BCUT2D eigenvalue weighted by molar-refractivity contribution is 0.367. The smallest absolute Gasteiger partial charge is 0.200 e. The number of hydrogen-bond acceptors (Lipinski definition) is 2. The van der Waals surface area contributed by atoms with Crippen LogP contribution in [0.2, 0.25) is 0 Å². The van der Waals surface area contributed by atoms with Gasteiger partial charge in [0, 0.05) is 18.0 Å². The van der Waals surface area contributed by atoms with Gasteiger partial charge in [0.05, 0.1) is 12.1 Å². The minimum absolute atomic E-state index is 0.217. The molecule has 10 heteroatoms. The minimum Gasteiger partial charge on any atom is -0.332 e. The van der Waals surface area contributed by atoms with Crippen molar-refractivity contribution in [2.24, 2.45) is 0 Å². The first kappa shape index (κ1) is 20.7. The maximum atomic E-state index is 13.8. The lowest BCUT2D eigenvalue weighted by Crippen LogP contribution is -2.19. The zero-order chi connectivity index (χ0) is 21.3. The molecule has 0 saturated heterocycles. The molecule has 0 aliphatic rings. The van der Waals surface area contributed by atoms with Gasteiger partial charge in [0.25, 0.3) is 0 Å². The number of nitrogens with zero attached hydrogens (tertiary/aromatic N) is 2. The second-order valence-electron chi connectivity index (χ2n) is 6.33. The molecule has 0 amide bonds. The van der Waals surface area contributed by atoms with E-state index in [0.29, 0.717) is 0 Å². The quantitative estimate of drug-likeness (QED) is 0.265. The zero-order valence-corrected chi connectivity index (χ0v) is 16.1. The van der Waals surface area contributed by atoms with Gasteiger partial charge in [-0.1, -0.05) is 6.07 Å². The third-order valence-electron chi connectivity index (χ3n) is 4.27. The molecule has 0 aliphatic heterocycles. The van der Waals surface area contributed by atoms with E-state index < -0.39 is 41.2 Å². The van der Waals surface area contributed by atoms with Crippen molar-refractivity contribution < 1.29 is 22.0 Å². The summed E-state index contributed by atoms with van der Waals surface area (Å²) in [5.74, 6) is -9.74. The Morgan fingerprint density at radius 2 is 1.52 bits per heavy atom. The predicted molar refractivity (Wildman–Crippen MR) is 103 cm³/mol. The van der Waals surface area contributed by atoms with Gasteiger partial charge in [-0.15, -0.1) is 0 Å². The summed E-state index contributed by atoms with van der Waals surface area (Å²) < 4.78 is 68.4. The number of hydrogen-bond donors (Lipinski definition) is 2. The number of aromatic nitrogens is 2. The number of rotatable bonds is 4. The van der Waals surface area contributed by atoms with Crippen molar-refractivity contribution >= 4 is 28.8 Å². The van der Waals surface area contributed by atoms with Crippen molar-refractivity contribution in [2.75, 3.05) is 10.6 Å². The third-order valence-corrected chi connectivity index (χ3v) is 4.47. The summed E-state index contributed by atoms with van der Waals surface area (Å²) >= 11 is 5.19. The van der Waals surface area contributed by atoms with Crippen LogP contribution in [0.1, 0.15) is 16.7 Å². The van der Waals surface area contributed by atoms with Crippen LogP contribution in [0.5, 0.6) is 0 Å². The lowest BCUT2D eigenvalue weighted by atomic mass is 10.1. The first-order chi connectivity index (χ1) is 13.7. The van der Waals surface area contributed by atoms with E-state index >= 15 is 0 Å². The van der Waals surface area contributed by atoms with Gasteiger partial charge in [0.2, 0.25) is 5.82 Å². The van der Waals surface area contributed by atoms with Gasteiger partial charge in [-0.25, -0.2) is 22.0 Å². The van der Waals surface area contributed by atoms with Crippen LogP contribution in [0.3, 0.4) is 0 Å². The largest absolute Gasteiger partial charge is 0.332 e. The van der Waals surface area contributed by atoms with Crippen LogP contribution < -0.4 is 10.6 Å². The Morgan fingerprint density at radius 3 is 2.14 bits per heavy atom. The van der Waals surface area contributed by atoms with Crippen molar-refractivity contribution in [3.63, 3.8) is 0 Å². The van der Waals surface area contributed by atoms with Gasteiger partial charge in [-0.3, -0.25) is 4.68 Å². The fourth-order valence-corrected chi connectivity index (χ4v) is 2.79. The molecule has 152 valence electrons. The molecule has 0 fully saturated rings. The van der Waals surface area contributed by atoms with E-state index in [9.17, 15) is 22.0 Å². The number of anilines is 2. The summed E-state index contributed by atoms with van der Waals surface area (Å²) in [6, 6.07) is 7.13. The Bertz CT molecular complexity index is 1070. The average Bonchev–Trinajstić information content (AvgIpc) is 3.11. The van der Waals surface area contributed by atoms with Crippen molar-refractivity contribution in [1.29, 1.82) is 0 Å². The molecular formula is C19H15F5N4S. The molecule has 0 aliphatic carbocycles. The highest BCUT2D eigenvalue weighted by Crippen LogP contribution is 2.24. The Hall–Kier alpha value is -3.01. The number of nitrogens with one attached hydrogen (secondary N) is 2. The molecule has 0 bridgehead atoms. The first-order valence-corrected chi connectivity index (χ1v) is 8.77. The Balaban J connectivity index is 1.71. The number of aryl methyl sites for hydroxylation is 2. The Morgan fingerprint density at radius 1 is 0.897 bits per heavy atom. The van der Waals surface area contributed by atoms with Crippen LogP contribution in [0, 0.1) is 42.9 Å². The van der Waals surface area contributed by atoms with Gasteiger partial charge >= 0.3 is 0 Å². The number of halogens is 5. The van der Waals surface area contributed by atoms with Crippen LogP contribution in [0.4, 0.5) is 33.5 Å². The zero-order valence-electron chi connectivity index (χ0n) is 15.3. The van der Waals surface area contributed by atoms with Crippen molar-refractivity contribution in [1.82, 2.24) is 9.78 Å². The van der Waals surface area contributed by atoms with Crippen molar-refractivity contribution in [2.45, 2.75) is 20.4 Å². The maximum absolute atomic E-state index is 13.8. The normalized spacial score (nSPS) is 10.9. The van der Waals surface area contributed by atoms with E-state index in [1.807, 2.05) is 32.0 Å². The van der Waals surface area contributed by atoms with E-state index in [2.05, 4.69) is 15.7 Å². The lowest BCUT2D eigenvalue weighted by Gasteiger charge is -2.10. The standard InChI is InChI=1S/C19H15F5N4S/c1-9-3-4-11(7-10(9)2)25-19(29)26-13-5-6-28(27-13)8-12-14(20)16(22)18(24)17(23)15(12)21/h3-7H,8H2,1-2H3,(H2,25,26,27,29). The molecule has 2 N–H and O–H groups in total. The summed E-state index contributed by atoms with van der Waals surface area (Å²) in [6.45, 7) is 3.29. The number of thiocarbonyl (C=S) groups is 1. The minimum atomic E-state index is -2.20. The van der Waals surface area contributed by atoms with Crippen LogP contribution >= 0.6 is 12.2 Å². The fourth-order valence-electron chi connectivity index (χ4n) is 2.57. The molecule has 0 atom stereocenters. The maximum Gasteiger partial charge on any atom is 0.200 e. The molecule has 0 unspecified atom stereocenters. The summed E-state index contributed by atoms with van der Waals surface area (Å²) in [7, 11) is 0. The van der Waals surface area contributed by atoms with E-state index in [1.165, 1.54) is 12.3 Å². The molecule has 0 radical (unpaired) electrons. The molecular weight excluding hydrogens is 411 g/mol. The number of benzene rings is 2. The molecule has 3 rings (SSSR count). The second-order valence-corrected chi connectivity index (χ2v) is 6.73. The van der Waals surface area contributed by atoms with Crippen LogP contribution in [0.25, 0.3) is 0 Å². The second kappa shape index (κ2) is 8.16. The molecule has 4 nitrogen and oxygen atoms in total. The van der Waals surface area contributed by atoms with Gasteiger partial charge in [-0.05, 0) is 49.3 Å². The van der Waals surface area contributed by atoms with Gasteiger partial charge < -0.3 is 10.6 Å². The molecule has 29 heavy (non-hydrogen) atoms. The predicted octanol–water partition coefficient (Wildman–Crippen LogP) is 5.05. The molecule has 1 heterocycles. The summed E-state index contributed by atoms with van der Waals surface area (Å²) in [5, 5.41) is 9.96. The van der Waals surface area contributed by atoms with E-state index in [-0.39, 0.29) is 10.9 Å². The summed E-state index contributed by atoms with van der Waals surface area (Å²) in [4.78, 5) is 0. The molecule has 1 aromatic heterocycles. The Labute approximate surface area is 168 Å². The van der Waals surface area contributed by atoms with E-state index in [1.54, 1.807) is 0 Å². The molecule has 0 spiro atoms. The molecule has 0 saturated carbocycles. The van der Waals surface area contributed by atoms with Gasteiger partial charge in [0.1, 0.15) is 0 Å². The highest BCUT2D eigenvalue weighted by atomic mass is 32.1. The van der Waals surface area contributed by atoms with Crippen LogP contribution in [-0.4, -0.2) is 14.9 Å². The van der Waals surface area contributed by atoms with Crippen molar-refractivity contribution in [3.8, 4) is 0 Å². The van der Waals surface area contributed by atoms with Crippen LogP contribution in [0.15, 0.2) is 30.5 Å². The van der Waals surface area contributed by atoms with Gasteiger partial charge in [-0.2, -0.15) is 5.10 Å². The molecule has 3 aromatic rings. The third kappa shape index (κ3) is 4.37. The summed E-state index contributed by atoms with van der Waals surface area (Å²) in [6.07, 6.45) is 1.32. The summed E-state index contributed by atoms with van der Waals surface area (Å²) in [5.41, 5.74) is 1.98. The highest BCUT2D eigenvalue weighted by molar-refractivity contribution is 7.80. The highest BCUT2D eigenvalue weighted by Gasteiger charge is 2.25. The van der Waals surface area contributed by atoms with Crippen LogP contribution in [-0.2, 0) is 6.54 Å². The van der Waals surface area contributed by atoms with E-state index in [0.717, 1.165) is 21.5 Å². The van der Waals surface area contributed by atoms with Gasteiger partial charge in [0.15, 0.2) is 34.2 Å².